The van der Waals surface area contributed by atoms with Crippen molar-refractivity contribution in [2.24, 2.45) is 7.05 Å². The second kappa shape index (κ2) is 4.12. The minimum atomic E-state index is 0.724. The van der Waals surface area contributed by atoms with E-state index in [4.69, 9.17) is 0 Å². The van der Waals surface area contributed by atoms with Crippen LogP contribution in [0.15, 0.2) is 12.1 Å². The topological polar surface area (TPSA) is 25.2 Å². The van der Waals surface area contributed by atoms with E-state index in [1.807, 2.05) is 23.7 Å². The molecule has 1 heterocycles. The first-order valence-corrected chi connectivity index (χ1v) is 4.60. The third-order valence-corrected chi connectivity index (χ3v) is 2.34. The molecule has 0 aliphatic rings. The Balaban J connectivity index is 3.00. The SMILES string of the molecule is CCN(CC)c1ccc(C=O)n1C. The van der Waals surface area contributed by atoms with Crippen molar-refractivity contribution in [1.29, 1.82) is 0 Å². The lowest BCUT2D eigenvalue weighted by atomic mass is 10.4. The Hall–Kier alpha value is -1.25. The lowest BCUT2D eigenvalue weighted by molar-refractivity contribution is 0.111. The molecule has 13 heavy (non-hydrogen) atoms. The Morgan fingerprint density at radius 3 is 2.38 bits per heavy atom. The molecule has 0 aromatic carbocycles. The van der Waals surface area contributed by atoms with Gasteiger partial charge < -0.3 is 9.47 Å². The highest BCUT2D eigenvalue weighted by Crippen LogP contribution is 2.15. The lowest BCUT2D eigenvalue weighted by Gasteiger charge is -2.21. The summed E-state index contributed by atoms with van der Waals surface area (Å²) in [5, 5.41) is 0. The molecule has 72 valence electrons. The van der Waals surface area contributed by atoms with Crippen LogP contribution in [-0.4, -0.2) is 23.9 Å². The Labute approximate surface area is 79.0 Å². The van der Waals surface area contributed by atoms with Crippen LogP contribution >= 0.6 is 0 Å². The molecule has 0 aliphatic heterocycles. The van der Waals surface area contributed by atoms with E-state index in [1.165, 1.54) is 0 Å². The molecule has 0 fully saturated rings. The number of aldehydes is 1. The van der Waals surface area contributed by atoms with E-state index >= 15 is 0 Å². The van der Waals surface area contributed by atoms with E-state index < -0.39 is 0 Å². The van der Waals surface area contributed by atoms with Gasteiger partial charge in [-0.25, -0.2) is 0 Å². The summed E-state index contributed by atoms with van der Waals surface area (Å²) in [5.74, 6) is 1.10. The normalized spacial score (nSPS) is 10.1. The molecule has 0 bridgehead atoms. The first-order valence-electron chi connectivity index (χ1n) is 4.60. The summed E-state index contributed by atoms with van der Waals surface area (Å²) >= 11 is 0. The number of aromatic nitrogens is 1. The Morgan fingerprint density at radius 1 is 1.38 bits per heavy atom. The largest absolute Gasteiger partial charge is 0.359 e. The molecule has 0 spiro atoms. The third kappa shape index (κ3) is 1.74. The van der Waals surface area contributed by atoms with Crippen molar-refractivity contribution in [2.45, 2.75) is 13.8 Å². The van der Waals surface area contributed by atoms with E-state index in [2.05, 4.69) is 18.7 Å². The van der Waals surface area contributed by atoms with Crippen LogP contribution in [0.3, 0.4) is 0 Å². The molecule has 0 radical (unpaired) electrons. The molecule has 0 aliphatic carbocycles. The number of hydrogen-bond donors (Lipinski definition) is 0. The molecule has 3 nitrogen and oxygen atoms in total. The first kappa shape index (κ1) is 9.84. The maximum absolute atomic E-state index is 10.6. The van der Waals surface area contributed by atoms with E-state index in [9.17, 15) is 4.79 Å². The van der Waals surface area contributed by atoms with Crippen molar-refractivity contribution in [3.8, 4) is 0 Å². The molecule has 0 atom stereocenters. The summed E-state index contributed by atoms with van der Waals surface area (Å²) < 4.78 is 1.92. The van der Waals surface area contributed by atoms with E-state index in [1.54, 1.807) is 0 Å². The number of anilines is 1. The second-order valence-corrected chi connectivity index (χ2v) is 2.97. The molecular weight excluding hydrogens is 164 g/mol. The van der Waals surface area contributed by atoms with Gasteiger partial charge >= 0.3 is 0 Å². The minimum Gasteiger partial charge on any atom is -0.359 e. The van der Waals surface area contributed by atoms with Gasteiger partial charge in [-0.2, -0.15) is 0 Å². The summed E-state index contributed by atoms with van der Waals surface area (Å²) in [6.45, 7) is 6.15. The molecule has 0 unspecified atom stereocenters. The number of nitrogens with zero attached hydrogens (tertiary/aromatic N) is 2. The predicted octanol–water partition coefficient (Wildman–Crippen LogP) is 1.68. The van der Waals surface area contributed by atoms with E-state index in [0.717, 1.165) is 30.9 Å². The molecule has 1 aromatic rings. The van der Waals surface area contributed by atoms with Crippen LogP contribution in [0.2, 0.25) is 0 Å². The number of carbonyl (C=O) groups excluding carboxylic acids is 1. The van der Waals surface area contributed by atoms with Crippen LogP contribution in [0.4, 0.5) is 5.82 Å². The standard InChI is InChI=1S/C10H16N2O/c1-4-12(5-2)10-7-6-9(8-13)11(10)3/h6-8H,4-5H2,1-3H3. The molecule has 0 saturated heterocycles. The zero-order valence-electron chi connectivity index (χ0n) is 8.45. The summed E-state index contributed by atoms with van der Waals surface area (Å²) in [4.78, 5) is 12.8. The molecule has 0 N–H and O–H groups in total. The first-order chi connectivity index (χ1) is 6.24. The average molecular weight is 180 g/mol. The van der Waals surface area contributed by atoms with Crippen molar-refractivity contribution in [3.05, 3.63) is 17.8 Å². The zero-order valence-corrected chi connectivity index (χ0v) is 8.45. The Morgan fingerprint density at radius 2 is 2.00 bits per heavy atom. The smallest absolute Gasteiger partial charge is 0.166 e. The van der Waals surface area contributed by atoms with E-state index in [0.29, 0.717) is 0 Å². The number of carbonyl (C=O) groups is 1. The highest BCUT2D eigenvalue weighted by Gasteiger charge is 2.07. The zero-order chi connectivity index (χ0) is 9.84. The van der Waals surface area contributed by atoms with Crippen LogP contribution in [0.1, 0.15) is 24.3 Å². The fraction of sp³-hybridized carbons (Fsp3) is 0.500. The highest BCUT2D eigenvalue weighted by molar-refractivity contribution is 5.74. The fourth-order valence-corrected chi connectivity index (χ4v) is 1.50. The fourth-order valence-electron chi connectivity index (χ4n) is 1.50. The summed E-state index contributed by atoms with van der Waals surface area (Å²) in [7, 11) is 1.91. The van der Waals surface area contributed by atoms with Crippen LogP contribution in [0.25, 0.3) is 0 Å². The van der Waals surface area contributed by atoms with Gasteiger partial charge in [0.25, 0.3) is 0 Å². The van der Waals surface area contributed by atoms with Gasteiger partial charge in [-0.3, -0.25) is 4.79 Å². The molecule has 0 saturated carbocycles. The number of rotatable bonds is 4. The molecule has 0 amide bonds. The van der Waals surface area contributed by atoms with Crippen LogP contribution in [-0.2, 0) is 7.05 Å². The van der Waals surface area contributed by atoms with Gasteiger partial charge in [0.15, 0.2) is 6.29 Å². The van der Waals surface area contributed by atoms with Crippen molar-refractivity contribution in [3.63, 3.8) is 0 Å². The summed E-state index contributed by atoms with van der Waals surface area (Å²) in [5.41, 5.74) is 0.724. The molecule has 1 rings (SSSR count). The Kier molecular flexibility index (Phi) is 3.12. The van der Waals surface area contributed by atoms with Gasteiger partial charge in [0, 0.05) is 20.1 Å². The molecule has 3 heteroatoms. The lowest BCUT2D eigenvalue weighted by Crippen LogP contribution is -2.24. The van der Waals surface area contributed by atoms with Crippen molar-refractivity contribution < 1.29 is 4.79 Å². The van der Waals surface area contributed by atoms with Gasteiger partial charge in [-0.05, 0) is 26.0 Å². The number of hydrogen-bond acceptors (Lipinski definition) is 2. The minimum absolute atomic E-state index is 0.724. The van der Waals surface area contributed by atoms with Crippen LogP contribution in [0.5, 0.6) is 0 Å². The maximum atomic E-state index is 10.6. The Bertz CT molecular complexity index is 287. The predicted molar refractivity (Wildman–Crippen MR) is 54.4 cm³/mol. The summed E-state index contributed by atoms with van der Waals surface area (Å²) in [6, 6.07) is 3.83. The van der Waals surface area contributed by atoms with Gasteiger partial charge in [0.05, 0.1) is 5.69 Å². The van der Waals surface area contributed by atoms with Gasteiger partial charge in [-0.1, -0.05) is 0 Å². The molecular formula is C10H16N2O. The quantitative estimate of drug-likeness (QED) is 0.659. The van der Waals surface area contributed by atoms with Crippen LogP contribution < -0.4 is 4.90 Å². The van der Waals surface area contributed by atoms with Gasteiger partial charge in [0.2, 0.25) is 0 Å². The third-order valence-electron chi connectivity index (χ3n) is 2.34. The summed E-state index contributed by atoms with van der Waals surface area (Å²) in [6.07, 6.45) is 0.882. The maximum Gasteiger partial charge on any atom is 0.166 e. The van der Waals surface area contributed by atoms with Crippen molar-refractivity contribution in [1.82, 2.24) is 4.57 Å². The second-order valence-electron chi connectivity index (χ2n) is 2.97. The highest BCUT2D eigenvalue weighted by atomic mass is 16.1. The monoisotopic (exact) mass is 180 g/mol. The average Bonchev–Trinajstić information content (AvgIpc) is 2.50. The molecule has 1 aromatic heterocycles. The van der Waals surface area contributed by atoms with Crippen molar-refractivity contribution >= 4 is 12.1 Å². The van der Waals surface area contributed by atoms with Gasteiger partial charge in [0.1, 0.15) is 5.82 Å². The van der Waals surface area contributed by atoms with Crippen LogP contribution in [0, 0.1) is 0 Å². The van der Waals surface area contributed by atoms with Gasteiger partial charge in [-0.15, -0.1) is 0 Å². The van der Waals surface area contributed by atoms with Crippen molar-refractivity contribution in [2.75, 3.05) is 18.0 Å². The van der Waals surface area contributed by atoms with E-state index in [-0.39, 0.29) is 0 Å².